The van der Waals surface area contributed by atoms with E-state index in [0.29, 0.717) is 5.33 Å². The quantitative estimate of drug-likeness (QED) is 0.565. The van der Waals surface area contributed by atoms with Crippen LogP contribution in [0.1, 0.15) is 19.4 Å². The average Bonchev–Trinajstić information content (AvgIpc) is 2.12. The highest BCUT2D eigenvalue weighted by atomic mass is 79.9. The van der Waals surface area contributed by atoms with Crippen LogP contribution in [-0.4, -0.2) is 5.33 Å². The van der Waals surface area contributed by atoms with Crippen LogP contribution in [-0.2, 0) is 5.41 Å². The maximum Gasteiger partial charge on any atom is 0.165 e. The summed E-state index contributed by atoms with van der Waals surface area (Å²) in [5.74, 6) is -2.83. The van der Waals surface area contributed by atoms with Crippen molar-refractivity contribution in [3.63, 3.8) is 0 Å². The standard InChI is InChI=1S/C10H10BrF3/c1-10(2,5-11)8-6(12)3-4-7(13)9(8)14/h3-4H,5H2,1-2H3. The summed E-state index contributed by atoms with van der Waals surface area (Å²) < 4.78 is 39.5. The van der Waals surface area contributed by atoms with Gasteiger partial charge in [-0.2, -0.15) is 0 Å². The Bertz CT molecular complexity index is 347. The van der Waals surface area contributed by atoms with E-state index in [2.05, 4.69) is 15.9 Å². The van der Waals surface area contributed by atoms with Gasteiger partial charge in [0.1, 0.15) is 5.82 Å². The van der Waals surface area contributed by atoms with Gasteiger partial charge in [0.05, 0.1) is 0 Å². The maximum atomic E-state index is 13.3. The molecule has 0 aliphatic carbocycles. The first-order chi connectivity index (χ1) is 6.40. The van der Waals surface area contributed by atoms with E-state index in [1.165, 1.54) is 0 Å². The average molecular weight is 267 g/mol. The van der Waals surface area contributed by atoms with Crippen LogP contribution in [0.3, 0.4) is 0 Å². The maximum absolute atomic E-state index is 13.3. The van der Waals surface area contributed by atoms with Crippen molar-refractivity contribution in [2.24, 2.45) is 0 Å². The molecule has 0 atom stereocenters. The summed E-state index contributed by atoms with van der Waals surface area (Å²) in [5, 5.41) is 0.358. The number of hydrogen-bond acceptors (Lipinski definition) is 0. The van der Waals surface area contributed by atoms with Gasteiger partial charge in [0.25, 0.3) is 0 Å². The van der Waals surface area contributed by atoms with Gasteiger partial charge in [-0.15, -0.1) is 0 Å². The van der Waals surface area contributed by atoms with Gasteiger partial charge in [-0.25, -0.2) is 13.2 Å². The lowest BCUT2D eigenvalue weighted by atomic mass is 9.86. The normalized spacial score (nSPS) is 11.9. The van der Waals surface area contributed by atoms with Crippen molar-refractivity contribution in [1.82, 2.24) is 0 Å². The Balaban J connectivity index is 3.40. The SMILES string of the molecule is CC(C)(CBr)c1c(F)ccc(F)c1F. The molecule has 14 heavy (non-hydrogen) atoms. The highest BCUT2D eigenvalue weighted by Gasteiger charge is 2.28. The molecule has 0 aliphatic heterocycles. The zero-order valence-electron chi connectivity index (χ0n) is 7.87. The molecule has 0 amide bonds. The molecule has 1 rings (SSSR count). The molecule has 4 heteroatoms. The van der Waals surface area contributed by atoms with E-state index in [1.807, 2.05) is 0 Å². The van der Waals surface area contributed by atoms with Crippen LogP contribution in [0.2, 0.25) is 0 Å². The minimum Gasteiger partial charge on any atom is -0.207 e. The van der Waals surface area contributed by atoms with Crippen molar-refractivity contribution in [2.45, 2.75) is 19.3 Å². The van der Waals surface area contributed by atoms with Crippen molar-refractivity contribution >= 4 is 15.9 Å². The second kappa shape index (κ2) is 3.93. The van der Waals surface area contributed by atoms with E-state index in [9.17, 15) is 13.2 Å². The van der Waals surface area contributed by atoms with E-state index in [4.69, 9.17) is 0 Å². The molecule has 0 N–H and O–H groups in total. The second-order valence-electron chi connectivity index (χ2n) is 3.74. The minimum absolute atomic E-state index is 0.214. The Labute approximate surface area is 89.3 Å². The molecule has 0 bridgehead atoms. The van der Waals surface area contributed by atoms with Gasteiger partial charge in [-0.3, -0.25) is 0 Å². The molecular weight excluding hydrogens is 257 g/mol. The van der Waals surface area contributed by atoms with Crippen LogP contribution in [0.25, 0.3) is 0 Å². The molecule has 0 heterocycles. The number of alkyl halides is 1. The van der Waals surface area contributed by atoms with Crippen molar-refractivity contribution in [1.29, 1.82) is 0 Å². The molecular formula is C10H10BrF3. The lowest BCUT2D eigenvalue weighted by Crippen LogP contribution is -2.23. The molecule has 0 spiro atoms. The van der Waals surface area contributed by atoms with Crippen LogP contribution in [0, 0.1) is 17.5 Å². The van der Waals surface area contributed by atoms with Gasteiger partial charge in [-0.05, 0) is 12.1 Å². The fourth-order valence-electron chi connectivity index (χ4n) is 1.21. The molecule has 0 fully saturated rings. The fourth-order valence-corrected chi connectivity index (χ4v) is 1.49. The molecule has 0 saturated heterocycles. The lowest BCUT2D eigenvalue weighted by Gasteiger charge is -2.23. The summed E-state index contributed by atoms with van der Waals surface area (Å²) in [4.78, 5) is 0. The Morgan fingerprint density at radius 2 is 1.64 bits per heavy atom. The molecule has 78 valence electrons. The van der Waals surface area contributed by atoms with Gasteiger partial charge >= 0.3 is 0 Å². The molecule has 0 unspecified atom stereocenters. The third-order valence-electron chi connectivity index (χ3n) is 2.05. The lowest BCUT2D eigenvalue weighted by molar-refractivity contribution is 0.440. The van der Waals surface area contributed by atoms with Gasteiger partial charge in [0, 0.05) is 16.3 Å². The van der Waals surface area contributed by atoms with Crippen molar-refractivity contribution in [2.75, 3.05) is 5.33 Å². The molecule has 1 aromatic rings. The van der Waals surface area contributed by atoms with Crippen LogP contribution in [0.15, 0.2) is 12.1 Å². The molecule has 0 saturated carbocycles. The first-order valence-electron chi connectivity index (χ1n) is 4.10. The van der Waals surface area contributed by atoms with Gasteiger partial charge in [0.15, 0.2) is 11.6 Å². The molecule has 1 aromatic carbocycles. The number of benzene rings is 1. The molecule has 0 radical (unpaired) electrons. The fraction of sp³-hybridized carbons (Fsp3) is 0.400. The third-order valence-corrected chi connectivity index (χ3v) is 3.46. The Morgan fingerprint density at radius 1 is 1.14 bits per heavy atom. The van der Waals surface area contributed by atoms with E-state index >= 15 is 0 Å². The zero-order chi connectivity index (χ0) is 10.9. The Kier molecular flexibility index (Phi) is 3.24. The predicted octanol–water partition coefficient (Wildman–Crippen LogP) is 3.78. The second-order valence-corrected chi connectivity index (χ2v) is 4.30. The molecule has 0 nitrogen and oxygen atoms in total. The summed E-state index contributed by atoms with van der Waals surface area (Å²) in [6.07, 6.45) is 0. The van der Waals surface area contributed by atoms with E-state index in [0.717, 1.165) is 12.1 Å². The zero-order valence-corrected chi connectivity index (χ0v) is 9.46. The Hall–Kier alpha value is -0.510. The highest BCUT2D eigenvalue weighted by molar-refractivity contribution is 9.09. The predicted molar refractivity (Wildman–Crippen MR) is 53.1 cm³/mol. The third kappa shape index (κ3) is 1.95. The molecule has 0 aromatic heterocycles. The van der Waals surface area contributed by atoms with E-state index < -0.39 is 22.9 Å². The van der Waals surface area contributed by atoms with E-state index in [1.54, 1.807) is 13.8 Å². The van der Waals surface area contributed by atoms with E-state index in [-0.39, 0.29) is 5.56 Å². The number of rotatable bonds is 2. The van der Waals surface area contributed by atoms with Crippen LogP contribution >= 0.6 is 15.9 Å². The van der Waals surface area contributed by atoms with Gasteiger partial charge < -0.3 is 0 Å². The van der Waals surface area contributed by atoms with Crippen LogP contribution in [0.4, 0.5) is 13.2 Å². The first-order valence-corrected chi connectivity index (χ1v) is 5.22. The van der Waals surface area contributed by atoms with Crippen molar-refractivity contribution in [3.8, 4) is 0 Å². The van der Waals surface area contributed by atoms with Crippen LogP contribution in [0.5, 0.6) is 0 Å². The van der Waals surface area contributed by atoms with Gasteiger partial charge in [-0.1, -0.05) is 29.8 Å². The van der Waals surface area contributed by atoms with Crippen LogP contribution < -0.4 is 0 Å². The topological polar surface area (TPSA) is 0 Å². The summed E-state index contributed by atoms with van der Waals surface area (Å²) in [5.41, 5.74) is -0.981. The highest BCUT2D eigenvalue weighted by Crippen LogP contribution is 2.30. The summed E-state index contributed by atoms with van der Waals surface area (Å²) in [6.45, 7) is 3.28. The smallest absolute Gasteiger partial charge is 0.165 e. The molecule has 0 aliphatic rings. The first kappa shape index (κ1) is 11.6. The van der Waals surface area contributed by atoms with Crippen molar-refractivity contribution in [3.05, 3.63) is 35.1 Å². The number of hydrogen-bond donors (Lipinski definition) is 0. The Morgan fingerprint density at radius 3 is 2.14 bits per heavy atom. The summed E-state index contributed by atoms with van der Waals surface area (Å²) in [6, 6.07) is 1.73. The summed E-state index contributed by atoms with van der Waals surface area (Å²) in [7, 11) is 0. The van der Waals surface area contributed by atoms with Gasteiger partial charge in [0.2, 0.25) is 0 Å². The van der Waals surface area contributed by atoms with Crippen molar-refractivity contribution < 1.29 is 13.2 Å². The minimum atomic E-state index is -1.10. The number of halogens is 4. The summed E-state index contributed by atoms with van der Waals surface area (Å²) >= 11 is 3.14. The monoisotopic (exact) mass is 266 g/mol. The largest absolute Gasteiger partial charge is 0.207 e.